The van der Waals surface area contributed by atoms with Crippen molar-refractivity contribution < 1.29 is 9.57 Å². The van der Waals surface area contributed by atoms with Gasteiger partial charge in [-0.3, -0.25) is 0 Å². The Morgan fingerprint density at radius 2 is 1.69 bits per heavy atom. The average Bonchev–Trinajstić information content (AvgIpc) is 2.29. The predicted octanol–water partition coefficient (Wildman–Crippen LogP) is 3.03. The van der Waals surface area contributed by atoms with Crippen molar-refractivity contribution >= 4 is 15.9 Å². The summed E-state index contributed by atoms with van der Waals surface area (Å²) in [6, 6.07) is 0. The van der Waals surface area contributed by atoms with Crippen LogP contribution < -0.4 is 10.2 Å². The van der Waals surface area contributed by atoms with Crippen molar-refractivity contribution in [2.45, 2.75) is 27.3 Å². The van der Waals surface area contributed by atoms with E-state index in [1.807, 2.05) is 0 Å². The monoisotopic (exact) mass is 287 g/mol. The quantitative estimate of drug-likeness (QED) is 0.864. The number of halogens is 1. The Hall–Kier alpha value is -0.580. The molecule has 0 spiro atoms. The van der Waals surface area contributed by atoms with Gasteiger partial charge in [0.2, 0.25) is 0 Å². The minimum absolute atomic E-state index is 0.630. The van der Waals surface area contributed by atoms with Gasteiger partial charge in [0.05, 0.1) is 14.2 Å². The largest absolute Gasteiger partial charge is 0.496 e. The fraction of sp³-hybridized carbons (Fsp3) is 0.500. The van der Waals surface area contributed by atoms with E-state index in [-0.39, 0.29) is 0 Å². The smallest absolute Gasteiger partial charge is 0.126 e. The second kappa shape index (κ2) is 5.66. The van der Waals surface area contributed by atoms with Crippen molar-refractivity contribution in [3.63, 3.8) is 0 Å². The standard InChI is InChI=1S/C12H18BrNO2/c1-7-8(2)12(15-4)10(6-14-16-5)9(3)11(7)13/h14H,6H2,1-5H3. The molecular formula is C12H18BrNO2. The molecule has 1 N–H and O–H groups in total. The first kappa shape index (κ1) is 13.5. The van der Waals surface area contributed by atoms with Gasteiger partial charge in [0.25, 0.3) is 0 Å². The third-order valence-electron chi connectivity index (χ3n) is 2.89. The number of benzene rings is 1. The maximum absolute atomic E-state index is 5.47. The van der Waals surface area contributed by atoms with Gasteiger partial charge >= 0.3 is 0 Å². The van der Waals surface area contributed by atoms with Gasteiger partial charge in [0.15, 0.2) is 0 Å². The molecule has 16 heavy (non-hydrogen) atoms. The van der Waals surface area contributed by atoms with Crippen molar-refractivity contribution in [1.29, 1.82) is 0 Å². The van der Waals surface area contributed by atoms with Gasteiger partial charge in [0.1, 0.15) is 5.75 Å². The summed E-state index contributed by atoms with van der Waals surface area (Å²) < 4.78 is 6.61. The molecule has 0 atom stereocenters. The van der Waals surface area contributed by atoms with Crippen LogP contribution in [0, 0.1) is 20.8 Å². The molecule has 0 aliphatic carbocycles. The van der Waals surface area contributed by atoms with Crippen molar-refractivity contribution in [3.8, 4) is 5.75 Å². The van der Waals surface area contributed by atoms with Gasteiger partial charge in [-0.15, -0.1) is 0 Å². The highest BCUT2D eigenvalue weighted by Gasteiger charge is 2.16. The van der Waals surface area contributed by atoms with Crippen LogP contribution in [0.15, 0.2) is 4.47 Å². The molecule has 0 unspecified atom stereocenters. The van der Waals surface area contributed by atoms with E-state index in [0.717, 1.165) is 21.3 Å². The highest BCUT2D eigenvalue weighted by Crippen LogP contribution is 2.35. The number of rotatable bonds is 4. The summed E-state index contributed by atoms with van der Waals surface area (Å²) in [6.07, 6.45) is 0. The first-order valence-electron chi connectivity index (χ1n) is 5.12. The molecule has 0 saturated carbocycles. The van der Waals surface area contributed by atoms with E-state index in [1.54, 1.807) is 14.2 Å². The Labute approximate surface area is 105 Å². The number of ether oxygens (including phenoxy) is 1. The van der Waals surface area contributed by atoms with Crippen LogP contribution in [0.2, 0.25) is 0 Å². The zero-order valence-electron chi connectivity index (χ0n) is 10.4. The molecule has 90 valence electrons. The highest BCUT2D eigenvalue weighted by molar-refractivity contribution is 9.10. The van der Waals surface area contributed by atoms with E-state index in [4.69, 9.17) is 9.57 Å². The third kappa shape index (κ3) is 2.39. The second-order valence-electron chi connectivity index (χ2n) is 3.73. The van der Waals surface area contributed by atoms with Crippen LogP contribution in [0.3, 0.4) is 0 Å². The number of hydrogen-bond donors (Lipinski definition) is 1. The van der Waals surface area contributed by atoms with Crippen LogP contribution in [0.5, 0.6) is 5.75 Å². The van der Waals surface area contributed by atoms with E-state index in [0.29, 0.717) is 6.54 Å². The first-order chi connectivity index (χ1) is 7.54. The second-order valence-corrected chi connectivity index (χ2v) is 4.52. The normalized spacial score (nSPS) is 10.6. The molecule has 0 amide bonds. The van der Waals surface area contributed by atoms with Crippen molar-refractivity contribution in [1.82, 2.24) is 5.48 Å². The summed E-state index contributed by atoms with van der Waals surface area (Å²) in [5.74, 6) is 0.933. The highest BCUT2D eigenvalue weighted by atomic mass is 79.9. The molecule has 0 aromatic heterocycles. The summed E-state index contributed by atoms with van der Waals surface area (Å²) >= 11 is 3.61. The summed E-state index contributed by atoms with van der Waals surface area (Å²) in [5.41, 5.74) is 7.54. The summed E-state index contributed by atoms with van der Waals surface area (Å²) in [6.45, 7) is 6.86. The summed E-state index contributed by atoms with van der Waals surface area (Å²) in [7, 11) is 3.31. The van der Waals surface area contributed by atoms with E-state index in [2.05, 4.69) is 42.2 Å². The fourth-order valence-electron chi connectivity index (χ4n) is 1.78. The lowest BCUT2D eigenvalue weighted by Gasteiger charge is -2.18. The van der Waals surface area contributed by atoms with Gasteiger partial charge < -0.3 is 9.57 Å². The van der Waals surface area contributed by atoms with Crippen LogP contribution >= 0.6 is 15.9 Å². The first-order valence-corrected chi connectivity index (χ1v) is 5.91. The minimum atomic E-state index is 0.630. The van der Waals surface area contributed by atoms with Gasteiger partial charge in [-0.05, 0) is 37.5 Å². The molecule has 0 fully saturated rings. The Kier molecular flexibility index (Phi) is 4.77. The summed E-state index contributed by atoms with van der Waals surface area (Å²) in [5, 5.41) is 0. The van der Waals surface area contributed by atoms with Crippen LogP contribution in [-0.4, -0.2) is 14.2 Å². The maximum Gasteiger partial charge on any atom is 0.126 e. The Balaban J connectivity index is 3.33. The Morgan fingerprint density at radius 3 is 2.19 bits per heavy atom. The van der Waals surface area contributed by atoms with Gasteiger partial charge in [-0.1, -0.05) is 15.9 Å². The van der Waals surface area contributed by atoms with Crippen molar-refractivity contribution in [3.05, 3.63) is 26.7 Å². The van der Waals surface area contributed by atoms with Gasteiger partial charge in [-0.25, -0.2) is 0 Å². The average molecular weight is 288 g/mol. The molecule has 1 aromatic carbocycles. The summed E-state index contributed by atoms with van der Waals surface area (Å²) in [4.78, 5) is 4.89. The number of hydroxylamine groups is 1. The lowest BCUT2D eigenvalue weighted by Crippen LogP contribution is -2.14. The maximum atomic E-state index is 5.47. The molecule has 0 radical (unpaired) electrons. The lowest BCUT2D eigenvalue weighted by atomic mass is 9.99. The van der Waals surface area contributed by atoms with Crippen LogP contribution in [0.1, 0.15) is 22.3 Å². The zero-order valence-corrected chi connectivity index (χ0v) is 12.0. The topological polar surface area (TPSA) is 30.5 Å². The van der Waals surface area contributed by atoms with Crippen molar-refractivity contribution in [2.75, 3.05) is 14.2 Å². The van der Waals surface area contributed by atoms with E-state index in [9.17, 15) is 0 Å². The van der Waals surface area contributed by atoms with Gasteiger partial charge in [-0.2, -0.15) is 5.48 Å². The molecule has 0 bridgehead atoms. The lowest BCUT2D eigenvalue weighted by molar-refractivity contribution is 0.0859. The SMILES string of the molecule is CONCc1c(C)c(Br)c(C)c(C)c1OC. The molecule has 1 rings (SSSR count). The Morgan fingerprint density at radius 1 is 1.06 bits per heavy atom. The van der Waals surface area contributed by atoms with Crippen LogP contribution in [-0.2, 0) is 11.4 Å². The van der Waals surface area contributed by atoms with E-state index in [1.165, 1.54) is 11.1 Å². The molecule has 3 nitrogen and oxygen atoms in total. The minimum Gasteiger partial charge on any atom is -0.496 e. The zero-order chi connectivity index (χ0) is 12.3. The van der Waals surface area contributed by atoms with E-state index >= 15 is 0 Å². The fourth-order valence-corrected chi connectivity index (χ4v) is 2.32. The number of hydrogen-bond acceptors (Lipinski definition) is 3. The third-order valence-corrected chi connectivity index (χ3v) is 4.08. The number of nitrogens with one attached hydrogen (secondary N) is 1. The molecule has 1 aromatic rings. The Bertz CT molecular complexity index is 391. The molecule has 0 saturated heterocycles. The van der Waals surface area contributed by atoms with Crippen LogP contribution in [0.4, 0.5) is 0 Å². The number of methoxy groups -OCH3 is 1. The molecular weight excluding hydrogens is 270 g/mol. The van der Waals surface area contributed by atoms with E-state index < -0.39 is 0 Å². The van der Waals surface area contributed by atoms with Crippen molar-refractivity contribution in [2.24, 2.45) is 0 Å². The molecule has 0 aliphatic rings. The molecule has 0 heterocycles. The van der Waals surface area contributed by atoms with Gasteiger partial charge in [0, 0.05) is 16.6 Å². The van der Waals surface area contributed by atoms with Crippen LogP contribution in [0.25, 0.3) is 0 Å². The predicted molar refractivity (Wildman–Crippen MR) is 68.8 cm³/mol. The molecule has 0 aliphatic heterocycles. The molecule has 4 heteroatoms.